The van der Waals surface area contributed by atoms with Gasteiger partial charge in [-0.05, 0) is 44.1 Å². The molecule has 1 aromatic carbocycles. The number of benzene rings is 1. The molecule has 6 nitrogen and oxygen atoms in total. The van der Waals surface area contributed by atoms with Gasteiger partial charge in [-0.1, -0.05) is 33.1 Å². The summed E-state index contributed by atoms with van der Waals surface area (Å²) in [6.45, 7) is 8.37. The van der Waals surface area contributed by atoms with Crippen LogP contribution in [0.15, 0.2) is 24.5 Å². The van der Waals surface area contributed by atoms with Crippen LogP contribution in [0.5, 0.6) is 0 Å². The average Bonchev–Trinajstić information content (AvgIpc) is 3.06. The number of nitrogens with zero attached hydrogens (tertiary/aromatic N) is 3. The van der Waals surface area contributed by atoms with Gasteiger partial charge in [0.05, 0.1) is 17.4 Å². The molecule has 1 aliphatic rings. The third-order valence-electron chi connectivity index (χ3n) is 5.37. The van der Waals surface area contributed by atoms with E-state index < -0.39 is 0 Å². The highest BCUT2D eigenvalue weighted by molar-refractivity contribution is 5.92. The van der Waals surface area contributed by atoms with Crippen molar-refractivity contribution in [1.82, 2.24) is 19.8 Å². The van der Waals surface area contributed by atoms with Crippen molar-refractivity contribution in [2.24, 2.45) is 0 Å². The number of likely N-dealkylation sites (N-methyl/N-ethyl adjacent to an activating group) is 1. The van der Waals surface area contributed by atoms with Crippen molar-refractivity contribution in [1.29, 1.82) is 0 Å². The molecule has 2 amide bonds. The zero-order valence-electron chi connectivity index (χ0n) is 16.0. The first-order valence-electron chi connectivity index (χ1n) is 9.94. The molecule has 1 aromatic heterocycles. The standard InChI is InChI=1S/C20H31N5O/c1-3-24(4-2)12-13-25-15-21-18-11-10-17(14-19(18)25)23-20(26)22-16-8-6-5-7-9-16/h10-11,14-16H,3-9,12-13H2,1-2H3,(H2,22,23,26). The summed E-state index contributed by atoms with van der Waals surface area (Å²) in [5.74, 6) is 0. The van der Waals surface area contributed by atoms with Crippen molar-refractivity contribution in [2.45, 2.75) is 58.5 Å². The van der Waals surface area contributed by atoms with E-state index in [0.717, 1.165) is 55.7 Å². The van der Waals surface area contributed by atoms with Crippen molar-refractivity contribution >= 4 is 22.8 Å². The summed E-state index contributed by atoms with van der Waals surface area (Å²) >= 11 is 0. The van der Waals surface area contributed by atoms with Crippen LogP contribution < -0.4 is 10.6 Å². The Kier molecular flexibility index (Phi) is 6.50. The minimum absolute atomic E-state index is 0.106. The lowest BCUT2D eigenvalue weighted by molar-refractivity contribution is 0.244. The molecule has 0 radical (unpaired) electrons. The fraction of sp³-hybridized carbons (Fsp3) is 0.600. The Morgan fingerprint density at radius 3 is 2.73 bits per heavy atom. The van der Waals surface area contributed by atoms with Crippen LogP contribution in [0.3, 0.4) is 0 Å². The Hall–Kier alpha value is -2.08. The summed E-state index contributed by atoms with van der Waals surface area (Å²) < 4.78 is 2.16. The minimum Gasteiger partial charge on any atom is -0.335 e. The zero-order chi connectivity index (χ0) is 18.4. The van der Waals surface area contributed by atoms with Crippen molar-refractivity contribution in [3.8, 4) is 0 Å². The van der Waals surface area contributed by atoms with Gasteiger partial charge in [0.15, 0.2) is 0 Å². The quantitative estimate of drug-likeness (QED) is 0.791. The van der Waals surface area contributed by atoms with Crippen LogP contribution in [0.1, 0.15) is 46.0 Å². The smallest absolute Gasteiger partial charge is 0.319 e. The molecule has 1 aliphatic carbocycles. The molecule has 26 heavy (non-hydrogen) atoms. The normalized spacial score (nSPS) is 15.5. The predicted octanol–water partition coefficient (Wildman–Crippen LogP) is 3.83. The summed E-state index contributed by atoms with van der Waals surface area (Å²) in [6.07, 6.45) is 7.77. The number of carbonyl (C=O) groups is 1. The molecule has 1 fully saturated rings. The summed E-state index contributed by atoms with van der Waals surface area (Å²) in [7, 11) is 0. The molecule has 0 unspecified atom stereocenters. The molecular weight excluding hydrogens is 326 g/mol. The molecule has 1 heterocycles. The van der Waals surface area contributed by atoms with Gasteiger partial charge >= 0.3 is 6.03 Å². The van der Waals surface area contributed by atoms with E-state index in [4.69, 9.17) is 0 Å². The number of urea groups is 1. The second-order valence-corrected chi connectivity index (χ2v) is 7.10. The van der Waals surface area contributed by atoms with Crippen molar-refractivity contribution in [3.05, 3.63) is 24.5 Å². The third kappa shape index (κ3) is 4.75. The lowest BCUT2D eigenvalue weighted by Crippen LogP contribution is -2.39. The first-order valence-corrected chi connectivity index (χ1v) is 9.94. The number of hydrogen-bond acceptors (Lipinski definition) is 3. The van der Waals surface area contributed by atoms with E-state index in [1.165, 1.54) is 19.3 Å². The van der Waals surface area contributed by atoms with E-state index in [2.05, 4.69) is 38.9 Å². The maximum Gasteiger partial charge on any atom is 0.319 e. The second kappa shape index (κ2) is 9.03. The molecule has 0 atom stereocenters. The molecule has 0 bridgehead atoms. The summed E-state index contributed by atoms with van der Waals surface area (Å²) in [6, 6.07) is 6.12. The van der Waals surface area contributed by atoms with Crippen LogP contribution in [-0.4, -0.2) is 46.2 Å². The van der Waals surface area contributed by atoms with E-state index in [0.29, 0.717) is 6.04 Å². The maximum absolute atomic E-state index is 12.3. The number of amides is 2. The van der Waals surface area contributed by atoms with Gasteiger partial charge in [0, 0.05) is 24.8 Å². The van der Waals surface area contributed by atoms with Crippen molar-refractivity contribution in [2.75, 3.05) is 25.0 Å². The minimum atomic E-state index is -0.106. The molecular formula is C20H31N5O. The van der Waals surface area contributed by atoms with Crippen LogP contribution in [0.2, 0.25) is 0 Å². The molecule has 0 aliphatic heterocycles. The van der Waals surface area contributed by atoms with E-state index in [-0.39, 0.29) is 6.03 Å². The Balaban J connectivity index is 1.63. The van der Waals surface area contributed by atoms with Gasteiger partial charge in [-0.2, -0.15) is 0 Å². The summed E-state index contributed by atoms with van der Waals surface area (Å²) in [4.78, 5) is 19.2. The molecule has 2 N–H and O–H groups in total. The lowest BCUT2D eigenvalue weighted by Gasteiger charge is -2.22. The highest BCUT2D eigenvalue weighted by Crippen LogP contribution is 2.20. The number of carbonyl (C=O) groups excluding carboxylic acids is 1. The van der Waals surface area contributed by atoms with Crippen LogP contribution in [-0.2, 0) is 6.54 Å². The largest absolute Gasteiger partial charge is 0.335 e. The number of fused-ring (bicyclic) bond motifs is 1. The fourth-order valence-electron chi connectivity index (χ4n) is 3.70. The van der Waals surface area contributed by atoms with Gasteiger partial charge in [0.1, 0.15) is 0 Å². The fourth-order valence-corrected chi connectivity index (χ4v) is 3.70. The number of aromatic nitrogens is 2. The summed E-state index contributed by atoms with van der Waals surface area (Å²) in [5, 5.41) is 6.08. The van der Waals surface area contributed by atoms with E-state index in [1.54, 1.807) is 0 Å². The zero-order valence-corrected chi connectivity index (χ0v) is 16.0. The summed E-state index contributed by atoms with van der Waals surface area (Å²) in [5.41, 5.74) is 2.84. The van der Waals surface area contributed by atoms with Crippen molar-refractivity contribution < 1.29 is 4.79 Å². The van der Waals surface area contributed by atoms with Crippen LogP contribution >= 0.6 is 0 Å². The molecule has 2 aromatic rings. The highest BCUT2D eigenvalue weighted by Gasteiger charge is 2.16. The Labute approximate surface area is 156 Å². The number of nitrogens with one attached hydrogen (secondary N) is 2. The number of rotatable bonds is 7. The van der Waals surface area contributed by atoms with Crippen LogP contribution in [0.4, 0.5) is 10.5 Å². The van der Waals surface area contributed by atoms with Gasteiger partial charge in [0.2, 0.25) is 0 Å². The third-order valence-corrected chi connectivity index (χ3v) is 5.37. The Morgan fingerprint density at radius 1 is 1.23 bits per heavy atom. The number of anilines is 1. The topological polar surface area (TPSA) is 62.2 Å². The molecule has 6 heteroatoms. The molecule has 3 rings (SSSR count). The highest BCUT2D eigenvalue weighted by atomic mass is 16.2. The first-order chi connectivity index (χ1) is 12.7. The van der Waals surface area contributed by atoms with E-state index in [1.807, 2.05) is 24.5 Å². The van der Waals surface area contributed by atoms with Gasteiger partial charge in [-0.15, -0.1) is 0 Å². The van der Waals surface area contributed by atoms with Gasteiger partial charge in [-0.25, -0.2) is 9.78 Å². The van der Waals surface area contributed by atoms with Gasteiger partial charge in [0.25, 0.3) is 0 Å². The number of hydrogen-bond donors (Lipinski definition) is 2. The predicted molar refractivity (Wildman–Crippen MR) is 107 cm³/mol. The van der Waals surface area contributed by atoms with E-state index >= 15 is 0 Å². The molecule has 0 spiro atoms. The van der Waals surface area contributed by atoms with Crippen molar-refractivity contribution in [3.63, 3.8) is 0 Å². The monoisotopic (exact) mass is 357 g/mol. The molecule has 0 saturated heterocycles. The molecule has 1 saturated carbocycles. The van der Waals surface area contributed by atoms with Gasteiger partial charge in [-0.3, -0.25) is 0 Å². The SMILES string of the molecule is CCN(CC)CCn1cnc2ccc(NC(=O)NC3CCCCC3)cc21. The Bertz CT molecular complexity index is 716. The average molecular weight is 358 g/mol. The van der Waals surface area contributed by atoms with E-state index in [9.17, 15) is 4.79 Å². The van der Waals surface area contributed by atoms with Gasteiger partial charge < -0.3 is 20.1 Å². The maximum atomic E-state index is 12.3. The second-order valence-electron chi connectivity index (χ2n) is 7.10. The Morgan fingerprint density at radius 2 is 2.00 bits per heavy atom. The lowest BCUT2D eigenvalue weighted by atomic mass is 9.96. The first kappa shape index (κ1) is 18.7. The van der Waals surface area contributed by atoms with Crippen LogP contribution in [0, 0.1) is 0 Å². The molecule has 142 valence electrons. The van der Waals surface area contributed by atoms with Crippen LogP contribution in [0.25, 0.3) is 11.0 Å². The number of imidazole rings is 1.